The number of fused-ring (bicyclic) bond motifs is 9. The molecular weight excluding hydrogens is 861 g/mol. The van der Waals surface area contributed by atoms with Crippen LogP contribution in [0.2, 0.25) is 0 Å². The molecule has 0 radical (unpaired) electrons. The fourth-order valence-corrected chi connectivity index (χ4v) is 10.8. The number of aromatic nitrogens is 1. The Bertz CT molecular complexity index is 4260. The van der Waals surface area contributed by atoms with Crippen molar-refractivity contribution in [3.8, 4) is 50.2 Å². The second kappa shape index (κ2) is 16.7. The van der Waals surface area contributed by atoms with Gasteiger partial charge in [-0.3, -0.25) is 0 Å². The molecule has 0 unspecified atom stereocenters. The van der Waals surface area contributed by atoms with E-state index >= 15 is 0 Å². The van der Waals surface area contributed by atoms with Crippen LogP contribution in [0.4, 0.5) is 17.1 Å². The Labute approximate surface area is 411 Å². The van der Waals surface area contributed by atoms with Crippen molar-refractivity contribution in [2.24, 2.45) is 0 Å². The minimum atomic E-state index is 0.897. The molecule has 332 valence electrons. The van der Waals surface area contributed by atoms with E-state index in [9.17, 15) is 0 Å². The minimum absolute atomic E-state index is 0.897. The summed E-state index contributed by atoms with van der Waals surface area (Å²) in [6.45, 7) is 0. The van der Waals surface area contributed by atoms with Crippen LogP contribution in [-0.2, 0) is 0 Å². The van der Waals surface area contributed by atoms with E-state index in [1.165, 1.54) is 65.8 Å². The number of furan rings is 1. The van der Waals surface area contributed by atoms with Crippen molar-refractivity contribution in [2.45, 2.75) is 0 Å². The molecule has 12 aromatic carbocycles. The first kappa shape index (κ1) is 40.6. The van der Waals surface area contributed by atoms with Crippen LogP contribution >= 0.6 is 0 Å². The number of benzene rings is 12. The van der Waals surface area contributed by atoms with E-state index in [-0.39, 0.29) is 0 Å². The van der Waals surface area contributed by atoms with Gasteiger partial charge in [-0.05, 0) is 146 Å². The molecule has 14 rings (SSSR count). The van der Waals surface area contributed by atoms with Crippen LogP contribution in [0.5, 0.6) is 0 Å². The lowest BCUT2D eigenvalue weighted by Crippen LogP contribution is -2.09. The molecule has 0 aliphatic rings. The lowest BCUT2D eigenvalue weighted by atomic mass is 9.98. The average molecular weight is 905 g/mol. The van der Waals surface area contributed by atoms with Crippen LogP contribution in [0, 0.1) is 0 Å². The molecule has 3 nitrogen and oxygen atoms in total. The van der Waals surface area contributed by atoms with E-state index in [4.69, 9.17) is 4.42 Å². The second-order valence-corrected chi connectivity index (χ2v) is 18.5. The van der Waals surface area contributed by atoms with E-state index in [0.717, 1.165) is 66.8 Å². The van der Waals surface area contributed by atoms with Crippen molar-refractivity contribution in [1.82, 2.24) is 4.57 Å². The third-order valence-electron chi connectivity index (χ3n) is 14.4. The highest BCUT2D eigenvalue weighted by Gasteiger charge is 2.17. The summed E-state index contributed by atoms with van der Waals surface area (Å²) in [5, 5.41) is 9.60. The van der Waals surface area contributed by atoms with Crippen LogP contribution in [0.3, 0.4) is 0 Å². The smallest absolute Gasteiger partial charge is 0.143 e. The third kappa shape index (κ3) is 7.06. The van der Waals surface area contributed by atoms with E-state index in [1.54, 1.807) is 0 Å². The van der Waals surface area contributed by atoms with Gasteiger partial charge in [-0.2, -0.15) is 0 Å². The summed E-state index contributed by atoms with van der Waals surface area (Å²) in [5.74, 6) is 0. The molecule has 0 bridgehead atoms. The van der Waals surface area contributed by atoms with Gasteiger partial charge < -0.3 is 13.9 Å². The number of rotatable bonds is 8. The standard InChI is InChI=1S/C68H44N2O/c1-2-12-52-42-54(25-24-45(52)10-1)48-22-20-46(21-23-48)47-26-34-56(35-27-47)69(58-38-30-50(31-39-58)55-33-41-67-64(44-55)63-40-32-51-11-3-4-15-60(51)68(63)71-67)57-36-28-49(29-37-57)53-13-9-14-59(43-53)70-65-18-7-5-16-61(65)62-17-6-8-19-66(62)70/h1-44H. The quantitative estimate of drug-likeness (QED) is 0.151. The van der Waals surface area contributed by atoms with Crippen LogP contribution in [0.1, 0.15) is 0 Å². The van der Waals surface area contributed by atoms with Crippen LogP contribution in [0.25, 0.3) is 115 Å². The Kier molecular flexibility index (Phi) is 9.53. The minimum Gasteiger partial charge on any atom is -0.455 e. The van der Waals surface area contributed by atoms with Gasteiger partial charge in [0.05, 0.1) is 11.0 Å². The van der Waals surface area contributed by atoms with Gasteiger partial charge in [-0.1, -0.05) is 182 Å². The van der Waals surface area contributed by atoms with Gasteiger partial charge in [0.2, 0.25) is 0 Å². The Morgan fingerprint density at radius 1 is 0.268 bits per heavy atom. The third-order valence-corrected chi connectivity index (χ3v) is 14.4. The number of nitrogens with zero attached hydrogens (tertiary/aromatic N) is 2. The Morgan fingerprint density at radius 3 is 1.34 bits per heavy atom. The molecule has 0 atom stereocenters. The Hall–Kier alpha value is -9.44. The van der Waals surface area contributed by atoms with Crippen molar-refractivity contribution in [3.05, 3.63) is 267 Å². The van der Waals surface area contributed by atoms with Gasteiger partial charge in [0.15, 0.2) is 0 Å². The summed E-state index contributed by atoms with van der Waals surface area (Å²) >= 11 is 0. The van der Waals surface area contributed by atoms with Crippen LogP contribution in [0.15, 0.2) is 271 Å². The number of hydrogen-bond donors (Lipinski definition) is 0. The molecule has 2 aromatic heterocycles. The van der Waals surface area contributed by atoms with Crippen molar-refractivity contribution < 1.29 is 4.42 Å². The molecule has 0 N–H and O–H groups in total. The fraction of sp³-hybridized carbons (Fsp3) is 0. The fourth-order valence-electron chi connectivity index (χ4n) is 10.8. The lowest BCUT2D eigenvalue weighted by Gasteiger charge is -2.26. The predicted molar refractivity (Wildman–Crippen MR) is 299 cm³/mol. The largest absolute Gasteiger partial charge is 0.455 e. The molecule has 14 aromatic rings. The highest BCUT2D eigenvalue weighted by Crippen LogP contribution is 2.41. The summed E-state index contributed by atoms with van der Waals surface area (Å²) in [5.41, 5.74) is 18.0. The maximum atomic E-state index is 6.46. The normalized spacial score (nSPS) is 11.7. The first-order valence-corrected chi connectivity index (χ1v) is 24.3. The molecule has 0 spiro atoms. The van der Waals surface area contributed by atoms with Crippen LogP contribution in [-0.4, -0.2) is 4.57 Å². The molecule has 0 amide bonds. The Morgan fingerprint density at radius 2 is 0.718 bits per heavy atom. The second-order valence-electron chi connectivity index (χ2n) is 18.5. The maximum absolute atomic E-state index is 6.46. The molecule has 0 aliphatic heterocycles. The van der Waals surface area contributed by atoms with Gasteiger partial charge in [-0.25, -0.2) is 0 Å². The first-order chi connectivity index (χ1) is 35.2. The molecule has 0 saturated carbocycles. The summed E-state index contributed by atoms with van der Waals surface area (Å²) in [4.78, 5) is 2.35. The van der Waals surface area contributed by atoms with E-state index < -0.39 is 0 Å². The van der Waals surface area contributed by atoms with E-state index in [0.29, 0.717) is 0 Å². The molecule has 0 fully saturated rings. The summed E-state index contributed by atoms with van der Waals surface area (Å²) in [6, 6.07) is 96.7. The topological polar surface area (TPSA) is 21.3 Å². The summed E-state index contributed by atoms with van der Waals surface area (Å²) in [7, 11) is 0. The van der Waals surface area contributed by atoms with Crippen molar-refractivity contribution in [3.63, 3.8) is 0 Å². The Balaban J connectivity index is 0.811. The zero-order chi connectivity index (χ0) is 46.8. The molecule has 71 heavy (non-hydrogen) atoms. The van der Waals surface area contributed by atoms with Gasteiger partial charge in [0.25, 0.3) is 0 Å². The highest BCUT2D eigenvalue weighted by molar-refractivity contribution is 6.15. The monoisotopic (exact) mass is 904 g/mol. The highest BCUT2D eigenvalue weighted by atomic mass is 16.3. The van der Waals surface area contributed by atoms with Crippen molar-refractivity contribution >= 4 is 82.4 Å². The number of para-hydroxylation sites is 2. The summed E-state index contributed by atoms with van der Waals surface area (Å²) < 4.78 is 8.84. The van der Waals surface area contributed by atoms with Crippen molar-refractivity contribution in [1.29, 1.82) is 0 Å². The van der Waals surface area contributed by atoms with E-state index in [1.807, 2.05) is 0 Å². The van der Waals surface area contributed by atoms with Gasteiger partial charge >= 0.3 is 0 Å². The molecule has 2 heterocycles. The first-order valence-electron chi connectivity index (χ1n) is 24.3. The number of anilines is 3. The number of hydrogen-bond acceptors (Lipinski definition) is 2. The SMILES string of the molecule is c1cc(-c2ccc(N(c3ccc(-c4ccc(-c5ccc6ccccc6c5)cc4)cc3)c3ccc(-c4ccc5oc6c7ccccc7ccc6c5c4)cc3)cc2)cc(-n2c3ccccc3c3ccccc32)c1. The van der Waals surface area contributed by atoms with Gasteiger partial charge in [0, 0.05) is 49.7 Å². The van der Waals surface area contributed by atoms with Crippen molar-refractivity contribution in [2.75, 3.05) is 4.90 Å². The van der Waals surface area contributed by atoms with Gasteiger partial charge in [-0.15, -0.1) is 0 Å². The molecular formula is C68H44N2O. The average Bonchev–Trinajstić information content (AvgIpc) is 4.00. The molecule has 3 heteroatoms. The van der Waals surface area contributed by atoms with Crippen LogP contribution < -0.4 is 4.90 Å². The zero-order valence-corrected chi connectivity index (χ0v) is 38.7. The molecule has 0 saturated heterocycles. The maximum Gasteiger partial charge on any atom is 0.143 e. The molecule has 0 aliphatic carbocycles. The van der Waals surface area contributed by atoms with E-state index in [2.05, 4.69) is 276 Å². The lowest BCUT2D eigenvalue weighted by molar-refractivity contribution is 0.672. The zero-order valence-electron chi connectivity index (χ0n) is 38.7. The summed E-state index contributed by atoms with van der Waals surface area (Å²) in [6.07, 6.45) is 0. The van der Waals surface area contributed by atoms with Gasteiger partial charge in [0.1, 0.15) is 11.2 Å². The predicted octanol–water partition coefficient (Wildman–Crippen LogP) is 19.1.